The Labute approximate surface area is 172 Å². The molecule has 7 nitrogen and oxygen atoms in total. The topological polar surface area (TPSA) is 75.5 Å². The monoisotopic (exact) mass is 418 g/mol. The fourth-order valence-electron chi connectivity index (χ4n) is 3.64. The quantitative estimate of drug-likeness (QED) is 0.740. The summed E-state index contributed by atoms with van der Waals surface area (Å²) >= 11 is 0. The van der Waals surface area contributed by atoms with Gasteiger partial charge in [0.2, 0.25) is 0 Å². The van der Waals surface area contributed by atoms with Crippen molar-refractivity contribution in [3.63, 3.8) is 0 Å². The maximum absolute atomic E-state index is 13.2. The van der Waals surface area contributed by atoms with Crippen LogP contribution in [0.5, 0.6) is 0 Å². The number of likely N-dealkylation sites (N-methyl/N-ethyl adjacent to an activating group) is 1. The largest absolute Gasteiger partial charge is 0.364 e. The zero-order valence-corrected chi connectivity index (χ0v) is 18.7. The van der Waals surface area contributed by atoms with E-state index in [0.29, 0.717) is 12.2 Å². The summed E-state index contributed by atoms with van der Waals surface area (Å²) < 4.78 is 25.1. The first-order valence-electron chi connectivity index (χ1n) is 9.93. The Kier molecular flexibility index (Phi) is 6.14. The lowest BCUT2D eigenvalue weighted by Crippen LogP contribution is -2.47. The van der Waals surface area contributed by atoms with Crippen LogP contribution >= 0.6 is 0 Å². The molecule has 0 atom stereocenters. The highest BCUT2D eigenvalue weighted by atomic mass is 32.2. The Morgan fingerprint density at radius 2 is 1.66 bits per heavy atom. The summed E-state index contributed by atoms with van der Waals surface area (Å²) in [6.45, 7) is 9.99. The molecule has 8 heteroatoms. The zero-order valence-electron chi connectivity index (χ0n) is 17.8. The average molecular weight is 419 g/mol. The SMILES string of the molecule is Cc1c(-c2ccc(S(C)(=O)=O)cc2)nn(CC(C)C)c(=O)c1N1CCN(C)CC1. The molecular weight excluding hydrogens is 388 g/mol. The normalized spacial score (nSPS) is 15.9. The predicted molar refractivity (Wildman–Crippen MR) is 116 cm³/mol. The van der Waals surface area contributed by atoms with Crippen LogP contribution in [0.1, 0.15) is 19.4 Å². The van der Waals surface area contributed by atoms with Gasteiger partial charge < -0.3 is 9.80 Å². The number of piperazine rings is 1. The van der Waals surface area contributed by atoms with Crippen molar-refractivity contribution in [1.29, 1.82) is 0 Å². The molecule has 0 bridgehead atoms. The van der Waals surface area contributed by atoms with Gasteiger partial charge in [0, 0.05) is 50.1 Å². The Hall–Kier alpha value is -2.19. The van der Waals surface area contributed by atoms with Crippen LogP contribution < -0.4 is 10.5 Å². The maximum atomic E-state index is 13.2. The van der Waals surface area contributed by atoms with Crippen molar-refractivity contribution in [3.05, 3.63) is 40.2 Å². The van der Waals surface area contributed by atoms with Crippen LogP contribution in [0.15, 0.2) is 34.0 Å². The van der Waals surface area contributed by atoms with Gasteiger partial charge in [-0.1, -0.05) is 26.0 Å². The molecule has 0 spiro atoms. The molecule has 1 aromatic heterocycles. The lowest BCUT2D eigenvalue weighted by Gasteiger charge is -2.34. The molecule has 1 aromatic carbocycles. The first-order chi connectivity index (χ1) is 13.6. The molecule has 3 rings (SSSR count). The molecule has 1 aliphatic heterocycles. The van der Waals surface area contributed by atoms with Gasteiger partial charge in [-0.2, -0.15) is 5.10 Å². The van der Waals surface area contributed by atoms with Crippen molar-refractivity contribution >= 4 is 15.5 Å². The van der Waals surface area contributed by atoms with Crippen molar-refractivity contribution in [1.82, 2.24) is 14.7 Å². The Morgan fingerprint density at radius 3 is 2.17 bits per heavy atom. The standard InChI is InChI=1S/C21H30N4O3S/c1-15(2)14-25-21(26)20(24-12-10-23(4)11-13-24)16(3)19(22-25)17-6-8-18(9-7-17)29(5,27)28/h6-9,15H,10-14H2,1-5H3. The zero-order chi connectivity index (χ0) is 21.3. The third-order valence-corrected chi connectivity index (χ3v) is 6.41. The molecule has 0 unspecified atom stereocenters. The average Bonchev–Trinajstić information content (AvgIpc) is 2.65. The van der Waals surface area contributed by atoms with E-state index in [9.17, 15) is 13.2 Å². The van der Waals surface area contributed by atoms with E-state index in [-0.39, 0.29) is 16.4 Å². The maximum Gasteiger partial charge on any atom is 0.290 e. The molecule has 2 heterocycles. The van der Waals surface area contributed by atoms with Crippen LogP contribution in [-0.4, -0.2) is 62.6 Å². The lowest BCUT2D eigenvalue weighted by molar-refractivity contribution is 0.312. The molecule has 0 radical (unpaired) electrons. The minimum Gasteiger partial charge on any atom is -0.364 e. The van der Waals surface area contributed by atoms with Crippen LogP contribution in [0, 0.1) is 12.8 Å². The fraction of sp³-hybridized carbons (Fsp3) is 0.524. The second kappa shape index (κ2) is 8.28. The van der Waals surface area contributed by atoms with Crippen LogP contribution in [0.3, 0.4) is 0 Å². The van der Waals surface area contributed by atoms with Crippen LogP contribution in [-0.2, 0) is 16.4 Å². The van der Waals surface area contributed by atoms with E-state index in [1.165, 1.54) is 6.26 Å². The molecule has 2 aromatic rings. The molecule has 1 aliphatic rings. The molecule has 1 saturated heterocycles. The summed E-state index contributed by atoms with van der Waals surface area (Å²) in [6.07, 6.45) is 1.19. The van der Waals surface area contributed by atoms with Gasteiger partial charge in [0.1, 0.15) is 5.69 Å². The van der Waals surface area contributed by atoms with Crippen LogP contribution in [0.4, 0.5) is 5.69 Å². The van der Waals surface area contributed by atoms with Crippen molar-refractivity contribution in [2.24, 2.45) is 5.92 Å². The van der Waals surface area contributed by atoms with E-state index in [2.05, 4.69) is 35.8 Å². The summed E-state index contributed by atoms with van der Waals surface area (Å²) in [6, 6.07) is 6.73. The van der Waals surface area contributed by atoms with Gasteiger partial charge in [-0.05, 0) is 32.0 Å². The third-order valence-electron chi connectivity index (χ3n) is 5.28. The van der Waals surface area contributed by atoms with Crippen molar-refractivity contribution < 1.29 is 8.42 Å². The minimum absolute atomic E-state index is 0.0581. The lowest BCUT2D eigenvalue weighted by atomic mass is 10.1. The Balaban J connectivity index is 2.13. The van der Waals surface area contributed by atoms with E-state index >= 15 is 0 Å². The highest BCUT2D eigenvalue weighted by molar-refractivity contribution is 7.90. The van der Waals surface area contributed by atoms with Gasteiger partial charge in [-0.3, -0.25) is 4.79 Å². The second-order valence-electron chi connectivity index (χ2n) is 8.29. The highest BCUT2D eigenvalue weighted by Gasteiger charge is 2.23. The van der Waals surface area contributed by atoms with Gasteiger partial charge in [0.15, 0.2) is 9.84 Å². The van der Waals surface area contributed by atoms with Crippen molar-refractivity contribution in [2.45, 2.75) is 32.2 Å². The van der Waals surface area contributed by atoms with E-state index < -0.39 is 9.84 Å². The van der Waals surface area contributed by atoms with Crippen molar-refractivity contribution in [2.75, 3.05) is 44.4 Å². The number of hydrogen-bond donors (Lipinski definition) is 0. The molecule has 0 amide bonds. The number of rotatable bonds is 5. The summed E-state index contributed by atoms with van der Waals surface area (Å²) in [5, 5.41) is 4.66. The molecule has 0 N–H and O–H groups in total. The minimum atomic E-state index is -3.26. The van der Waals surface area contributed by atoms with Gasteiger partial charge in [-0.15, -0.1) is 0 Å². The molecule has 1 fully saturated rings. The van der Waals surface area contributed by atoms with Gasteiger partial charge in [-0.25, -0.2) is 13.1 Å². The van der Waals surface area contributed by atoms with Gasteiger partial charge >= 0.3 is 0 Å². The van der Waals surface area contributed by atoms with E-state index in [0.717, 1.165) is 43.0 Å². The van der Waals surface area contributed by atoms with Crippen molar-refractivity contribution in [3.8, 4) is 11.3 Å². The highest BCUT2D eigenvalue weighted by Crippen LogP contribution is 2.28. The number of aromatic nitrogens is 2. The first-order valence-corrected chi connectivity index (χ1v) is 11.8. The molecule has 0 aliphatic carbocycles. The van der Waals surface area contributed by atoms with Gasteiger partial charge in [0.25, 0.3) is 5.56 Å². The van der Waals surface area contributed by atoms with Crippen LogP contribution in [0.2, 0.25) is 0 Å². The first kappa shape index (κ1) is 21.5. The number of anilines is 1. The molecule has 0 saturated carbocycles. The van der Waals surface area contributed by atoms with E-state index in [1.54, 1.807) is 28.9 Å². The van der Waals surface area contributed by atoms with E-state index in [4.69, 9.17) is 0 Å². The predicted octanol–water partition coefficient (Wildman–Crippen LogP) is 2.03. The number of nitrogens with zero attached hydrogens (tertiary/aromatic N) is 4. The third kappa shape index (κ3) is 4.70. The smallest absolute Gasteiger partial charge is 0.290 e. The molecular formula is C21H30N4O3S. The Bertz CT molecular complexity index is 1030. The molecule has 29 heavy (non-hydrogen) atoms. The summed E-state index contributed by atoms with van der Waals surface area (Å²) in [5.41, 5.74) is 3.02. The van der Waals surface area contributed by atoms with E-state index in [1.807, 2.05) is 6.92 Å². The number of sulfone groups is 1. The summed E-state index contributed by atoms with van der Waals surface area (Å²) in [4.78, 5) is 17.9. The summed E-state index contributed by atoms with van der Waals surface area (Å²) in [5.74, 6) is 0.281. The number of hydrogen-bond acceptors (Lipinski definition) is 6. The second-order valence-corrected chi connectivity index (χ2v) is 10.3. The van der Waals surface area contributed by atoms with Gasteiger partial charge in [0.05, 0.1) is 10.6 Å². The number of benzene rings is 1. The molecule has 158 valence electrons. The van der Waals surface area contributed by atoms with Crippen LogP contribution in [0.25, 0.3) is 11.3 Å². The Morgan fingerprint density at radius 1 is 1.07 bits per heavy atom. The fourth-order valence-corrected chi connectivity index (χ4v) is 4.27. The summed E-state index contributed by atoms with van der Waals surface area (Å²) in [7, 11) is -1.18.